The van der Waals surface area contributed by atoms with Crippen molar-refractivity contribution in [1.29, 1.82) is 0 Å². The molecule has 0 radical (unpaired) electrons. The van der Waals surface area contributed by atoms with Gasteiger partial charge in [0.15, 0.2) is 5.82 Å². The lowest BCUT2D eigenvalue weighted by molar-refractivity contribution is -0.0208. The van der Waals surface area contributed by atoms with Gasteiger partial charge in [-0.05, 0) is 25.2 Å². The molecule has 0 atom stereocenters. The van der Waals surface area contributed by atoms with Crippen molar-refractivity contribution in [3.8, 4) is 0 Å². The van der Waals surface area contributed by atoms with Crippen LogP contribution in [0.25, 0.3) is 0 Å². The molecule has 0 amide bonds. The Labute approximate surface area is 129 Å². The molecule has 6 nitrogen and oxygen atoms in total. The lowest BCUT2D eigenvalue weighted by Crippen LogP contribution is -2.47. The third kappa shape index (κ3) is 3.53. The third-order valence-electron chi connectivity index (χ3n) is 4.47. The Kier molecular flexibility index (Phi) is 4.85. The zero-order valence-electron chi connectivity index (χ0n) is 12.6. The van der Waals surface area contributed by atoms with Gasteiger partial charge in [0.2, 0.25) is 5.95 Å². The molecule has 0 aromatic carbocycles. The summed E-state index contributed by atoms with van der Waals surface area (Å²) < 4.78 is 19.5. The summed E-state index contributed by atoms with van der Waals surface area (Å²) in [6.07, 6.45) is 3.92. The van der Waals surface area contributed by atoms with E-state index in [1.807, 2.05) is 0 Å². The summed E-state index contributed by atoms with van der Waals surface area (Å²) in [5.41, 5.74) is 0.681. The van der Waals surface area contributed by atoms with Gasteiger partial charge in [0.25, 0.3) is 0 Å². The molecular formula is C15H23FN4O2. The summed E-state index contributed by atoms with van der Waals surface area (Å²) in [6.45, 7) is 3.82. The molecule has 3 N–H and O–H groups in total. The molecule has 122 valence electrons. The molecule has 1 spiro atoms. The minimum atomic E-state index is -0.356. The predicted octanol–water partition coefficient (Wildman–Crippen LogP) is 0.579. The molecule has 3 rings (SSSR count). The maximum absolute atomic E-state index is 13.9. The van der Waals surface area contributed by atoms with E-state index in [4.69, 9.17) is 9.84 Å². The van der Waals surface area contributed by atoms with Crippen molar-refractivity contribution in [1.82, 2.24) is 15.3 Å². The summed E-state index contributed by atoms with van der Waals surface area (Å²) in [4.78, 5) is 8.11. The quantitative estimate of drug-likeness (QED) is 0.738. The van der Waals surface area contributed by atoms with E-state index in [-0.39, 0.29) is 17.8 Å². The minimum absolute atomic E-state index is 0.00574. The molecule has 1 aliphatic heterocycles. The monoisotopic (exact) mass is 310 g/mol. The normalized spacial score (nSPS) is 28.2. The second-order valence-electron chi connectivity index (χ2n) is 6.35. The summed E-state index contributed by atoms with van der Waals surface area (Å²) >= 11 is 0. The van der Waals surface area contributed by atoms with E-state index in [0.717, 1.165) is 39.1 Å². The van der Waals surface area contributed by atoms with Crippen LogP contribution in [-0.4, -0.2) is 54.5 Å². The lowest BCUT2D eigenvalue weighted by atomic mass is 9.61. The van der Waals surface area contributed by atoms with Crippen LogP contribution in [0.5, 0.6) is 0 Å². The SMILES string of the molecule is OCCNc1ncc(F)c(CC2CC3(CNCCOC3)C2)n1. The summed E-state index contributed by atoms with van der Waals surface area (Å²) in [5.74, 6) is 0.461. The number of ether oxygens (including phenoxy) is 1. The van der Waals surface area contributed by atoms with Gasteiger partial charge in [-0.2, -0.15) is 0 Å². The fraction of sp³-hybridized carbons (Fsp3) is 0.733. The van der Waals surface area contributed by atoms with Crippen LogP contribution >= 0.6 is 0 Å². The van der Waals surface area contributed by atoms with Crippen LogP contribution in [0.1, 0.15) is 18.5 Å². The average molecular weight is 310 g/mol. The van der Waals surface area contributed by atoms with E-state index < -0.39 is 0 Å². The van der Waals surface area contributed by atoms with Crippen molar-refractivity contribution in [2.24, 2.45) is 11.3 Å². The second-order valence-corrected chi connectivity index (χ2v) is 6.35. The first kappa shape index (κ1) is 15.6. The van der Waals surface area contributed by atoms with Gasteiger partial charge in [0, 0.05) is 25.0 Å². The number of aromatic nitrogens is 2. The molecule has 1 saturated carbocycles. The fourth-order valence-electron chi connectivity index (χ4n) is 3.48. The number of anilines is 1. The molecule has 2 heterocycles. The lowest BCUT2D eigenvalue weighted by Gasteiger charge is -2.47. The smallest absolute Gasteiger partial charge is 0.223 e. The molecule has 2 aliphatic rings. The van der Waals surface area contributed by atoms with Crippen molar-refractivity contribution < 1.29 is 14.2 Å². The Bertz CT molecular complexity index is 498. The Balaban J connectivity index is 1.57. The van der Waals surface area contributed by atoms with E-state index in [0.29, 0.717) is 30.5 Å². The largest absolute Gasteiger partial charge is 0.395 e. The van der Waals surface area contributed by atoms with Crippen LogP contribution in [0.3, 0.4) is 0 Å². The van der Waals surface area contributed by atoms with Crippen molar-refractivity contribution >= 4 is 5.95 Å². The van der Waals surface area contributed by atoms with Gasteiger partial charge in [-0.3, -0.25) is 0 Å². The van der Waals surface area contributed by atoms with Gasteiger partial charge in [0.1, 0.15) is 0 Å². The number of hydrogen-bond donors (Lipinski definition) is 3. The Morgan fingerprint density at radius 2 is 2.36 bits per heavy atom. The van der Waals surface area contributed by atoms with Crippen molar-refractivity contribution in [3.05, 3.63) is 17.7 Å². The van der Waals surface area contributed by atoms with E-state index >= 15 is 0 Å². The Hall–Kier alpha value is -1.31. The third-order valence-corrected chi connectivity index (χ3v) is 4.47. The van der Waals surface area contributed by atoms with E-state index in [1.54, 1.807) is 0 Å². The van der Waals surface area contributed by atoms with Gasteiger partial charge in [-0.25, -0.2) is 14.4 Å². The molecule has 7 heteroatoms. The molecular weight excluding hydrogens is 287 g/mol. The fourth-order valence-corrected chi connectivity index (χ4v) is 3.48. The van der Waals surface area contributed by atoms with Crippen LogP contribution in [-0.2, 0) is 11.2 Å². The van der Waals surface area contributed by atoms with Crippen LogP contribution in [0.15, 0.2) is 6.20 Å². The molecule has 1 aliphatic carbocycles. The van der Waals surface area contributed by atoms with Crippen LogP contribution in [0, 0.1) is 17.2 Å². The van der Waals surface area contributed by atoms with Crippen LogP contribution < -0.4 is 10.6 Å². The van der Waals surface area contributed by atoms with Gasteiger partial charge in [-0.1, -0.05) is 0 Å². The maximum Gasteiger partial charge on any atom is 0.223 e. The number of nitrogens with zero attached hydrogens (tertiary/aromatic N) is 2. The predicted molar refractivity (Wildman–Crippen MR) is 80.1 cm³/mol. The van der Waals surface area contributed by atoms with E-state index in [2.05, 4.69) is 20.6 Å². The first-order chi connectivity index (χ1) is 10.7. The molecule has 1 aromatic heterocycles. The highest BCUT2D eigenvalue weighted by molar-refractivity contribution is 5.26. The number of aliphatic hydroxyl groups excluding tert-OH is 1. The second kappa shape index (κ2) is 6.85. The molecule has 1 aromatic rings. The zero-order chi connectivity index (χ0) is 15.4. The number of nitrogens with one attached hydrogen (secondary N) is 2. The molecule has 2 fully saturated rings. The van der Waals surface area contributed by atoms with Gasteiger partial charge < -0.3 is 20.5 Å². The van der Waals surface area contributed by atoms with Crippen LogP contribution in [0.4, 0.5) is 10.3 Å². The number of hydrogen-bond acceptors (Lipinski definition) is 6. The van der Waals surface area contributed by atoms with Crippen molar-refractivity contribution in [3.63, 3.8) is 0 Å². The van der Waals surface area contributed by atoms with E-state index in [1.165, 1.54) is 6.20 Å². The number of aliphatic hydroxyl groups is 1. The Morgan fingerprint density at radius 3 is 3.18 bits per heavy atom. The molecule has 0 unspecified atom stereocenters. The van der Waals surface area contributed by atoms with Gasteiger partial charge in [0.05, 0.1) is 31.7 Å². The Morgan fingerprint density at radius 1 is 1.50 bits per heavy atom. The van der Waals surface area contributed by atoms with Gasteiger partial charge >= 0.3 is 0 Å². The summed E-state index contributed by atoms with van der Waals surface area (Å²) in [5, 5.41) is 15.1. The van der Waals surface area contributed by atoms with Crippen molar-refractivity contribution in [2.75, 3.05) is 44.8 Å². The first-order valence-electron chi connectivity index (χ1n) is 7.85. The number of halogens is 1. The molecule has 0 bridgehead atoms. The zero-order valence-corrected chi connectivity index (χ0v) is 12.6. The highest BCUT2D eigenvalue weighted by Crippen LogP contribution is 2.47. The minimum Gasteiger partial charge on any atom is -0.395 e. The van der Waals surface area contributed by atoms with Gasteiger partial charge in [-0.15, -0.1) is 0 Å². The van der Waals surface area contributed by atoms with Crippen molar-refractivity contribution in [2.45, 2.75) is 19.3 Å². The highest BCUT2D eigenvalue weighted by atomic mass is 19.1. The highest BCUT2D eigenvalue weighted by Gasteiger charge is 2.44. The molecule has 22 heavy (non-hydrogen) atoms. The van der Waals surface area contributed by atoms with Crippen LogP contribution in [0.2, 0.25) is 0 Å². The topological polar surface area (TPSA) is 79.3 Å². The summed E-state index contributed by atoms with van der Waals surface area (Å²) in [6, 6.07) is 0. The van der Waals surface area contributed by atoms with E-state index in [9.17, 15) is 4.39 Å². The standard InChI is InChI=1S/C15H23FN4O2/c16-12-8-19-14(18-1-3-21)20-13(12)5-11-6-15(7-11)9-17-2-4-22-10-15/h8,11,17,21H,1-7,9-10H2,(H,18,19,20). The maximum atomic E-state index is 13.9. The average Bonchev–Trinajstić information content (AvgIpc) is 2.73. The molecule has 1 saturated heterocycles. The number of rotatable bonds is 5. The first-order valence-corrected chi connectivity index (χ1v) is 7.85. The summed E-state index contributed by atoms with van der Waals surface area (Å²) in [7, 11) is 0.